The number of piperidine rings is 1. The molecule has 1 atom stereocenters. The van der Waals surface area contributed by atoms with E-state index in [1.807, 2.05) is 22.7 Å². The van der Waals surface area contributed by atoms with Crippen molar-refractivity contribution in [2.24, 2.45) is 12.5 Å². The van der Waals surface area contributed by atoms with Gasteiger partial charge in [-0.05, 0) is 56.4 Å². The maximum absolute atomic E-state index is 13.1. The Kier molecular flexibility index (Phi) is 7.58. The van der Waals surface area contributed by atoms with E-state index >= 15 is 0 Å². The summed E-state index contributed by atoms with van der Waals surface area (Å²) in [6.07, 6.45) is 8.94. The lowest BCUT2D eigenvalue weighted by molar-refractivity contribution is -0.134. The second-order valence-electron chi connectivity index (χ2n) is 9.35. The molecule has 1 N–H and O–H groups in total. The van der Waals surface area contributed by atoms with Crippen molar-refractivity contribution < 1.29 is 14.3 Å². The molecule has 1 fully saturated rings. The molecule has 7 nitrogen and oxygen atoms in total. The third kappa shape index (κ3) is 5.88. The van der Waals surface area contributed by atoms with Crippen LogP contribution in [0, 0.1) is 5.41 Å². The first kappa shape index (κ1) is 23.6. The van der Waals surface area contributed by atoms with E-state index in [-0.39, 0.29) is 17.2 Å². The Morgan fingerprint density at radius 2 is 2.06 bits per heavy atom. The van der Waals surface area contributed by atoms with Crippen LogP contribution in [0.3, 0.4) is 0 Å². The Labute approximate surface area is 200 Å². The minimum Gasteiger partial charge on any atom is -0.493 e. The second-order valence-corrected chi connectivity index (χ2v) is 9.78. The number of nitrogens with one attached hydrogen (secondary N) is 1. The van der Waals surface area contributed by atoms with Crippen LogP contribution >= 0.6 is 11.6 Å². The SMILES string of the molecule is Cn1nccc1CCC(=O)N1CCCC2(CCCCCOc3ccc(Cl)cc3C(=O)NC2)C1. The molecule has 2 aromatic rings. The number of aromatic nitrogens is 2. The summed E-state index contributed by atoms with van der Waals surface area (Å²) in [6, 6.07) is 7.14. The summed E-state index contributed by atoms with van der Waals surface area (Å²) < 4.78 is 7.68. The topological polar surface area (TPSA) is 76.5 Å². The number of rotatable bonds is 3. The molecule has 0 aliphatic carbocycles. The highest BCUT2D eigenvalue weighted by Crippen LogP contribution is 2.36. The predicted octanol–water partition coefficient (Wildman–Crippen LogP) is 4.00. The molecule has 3 heterocycles. The number of carbonyl (C=O) groups is 2. The van der Waals surface area contributed by atoms with Crippen LogP contribution in [-0.2, 0) is 18.3 Å². The van der Waals surface area contributed by atoms with Crippen LogP contribution in [0.15, 0.2) is 30.5 Å². The lowest BCUT2D eigenvalue weighted by Crippen LogP contribution is -2.51. The van der Waals surface area contributed by atoms with Gasteiger partial charge < -0.3 is 15.0 Å². The number of fused-ring (bicyclic) bond motifs is 1. The molecule has 1 aromatic carbocycles. The van der Waals surface area contributed by atoms with Crippen LogP contribution in [0.1, 0.15) is 61.0 Å². The van der Waals surface area contributed by atoms with Gasteiger partial charge in [-0.3, -0.25) is 14.3 Å². The highest BCUT2D eigenvalue weighted by atomic mass is 35.5. The lowest BCUT2D eigenvalue weighted by Gasteiger charge is -2.43. The van der Waals surface area contributed by atoms with E-state index in [0.29, 0.717) is 48.9 Å². The number of aryl methyl sites for hydroxylation is 2. The zero-order chi connectivity index (χ0) is 23.3. The van der Waals surface area contributed by atoms with E-state index in [0.717, 1.165) is 50.8 Å². The van der Waals surface area contributed by atoms with Crippen LogP contribution in [0.4, 0.5) is 0 Å². The van der Waals surface area contributed by atoms with Crippen molar-refractivity contribution in [3.05, 3.63) is 46.7 Å². The summed E-state index contributed by atoms with van der Waals surface area (Å²) >= 11 is 6.15. The minimum absolute atomic E-state index is 0.102. The van der Waals surface area contributed by atoms with Gasteiger partial charge in [0.05, 0.1) is 12.2 Å². The number of benzene rings is 1. The molecule has 8 heteroatoms. The summed E-state index contributed by atoms with van der Waals surface area (Å²) in [4.78, 5) is 28.1. The Morgan fingerprint density at radius 3 is 2.88 bits per heavy atom. The largest absolute Gasteiger partial charge is 0.493 e. The van der Waals surface area contributed by atoms with Crippen molar-refractivity contribution in [2.75, 3.05) is 26.2 Å². The van der Waals surface area contributed by atoms with Crippen molar-refractivity contribution in [2.45, 2.75) is 51.4 Å². The van der Waals surface area contributed by atoms with E-state index in [4.69, 9.17) is 16.3 Å². The highest BCUT2D eigenvalue weighted by Gasteiger charge is 2.37. The fraction of sp³-hybridized carbons (Fsp3) is 0.560. The van der Waals surface area contributed by atoms with Gasteiger partial charge in [-0.15, -0.1) is 0 Å². The van der Waals surface area contributed by atoms with Crippen LogP contribution in [-0.4, -0.2) is 52.7 Å². The predicted molar refractivity (Wildman–Crippen MR) is 128 cm³/mol. The standard InChI is InChI=1S/C25H33ClN4O3/c1-29-20(10-13-28-29)7-9-23(31)30-14-5-12-25(18-30)11-3-2-4-15-33-22-8-6-19(26)16-21(22)24(32)27-17-25/h6,8,10,13,16H,2-5,7,9,11-12,14-15,17-18H2,1H3,(H,27,32). The van der Waals surface area contributed by atoms with Crippen molar-refractivity contribution in [1.29, 1.82) is 0 Å². The maximum Gasteiger partial charge on any atom is 0.255 e. The van der Waals surface area contributed by atoms with Gasteiger partial charge in [-0.1, -0.05) is 24.4 Å². The van der Waals surface area contributed by atoms with Crippen LogP contribution < -0.4 is 10.1 Å². The summed E-state index contributed by atoms with van der Waals surface area (Å²) in [5.74, 6) is 0.576. The van der Waals surface area contributed by atoms with E-state index in [9.17, 15) is 9.59 Å². The highest BCUT2D eigenvalue weighted by molar-refractivity contribution is 6.31. The molecule has 2 amide bonds. The zero-order valence-electron chi connectivity index (χ0n) is 19.3. The van der Waals surface area contributed by atoms with Crippen molar-refractivity contribution in [3.63, 3.8) is 0 Å². The smallest absolute Gasteiger partial charge is 0.255 e. The molecular weight excluding hydrogens is 440 g/mol. The second kappa shape index (κ2) is 10.6. The summed E-state index contributed by atoms with van der Waals surface area (Å²) in [6.45, 7) is 2.60. The van der Waals surface area contributed by atoms with Crippen LogP contribution in [0.25, 0.3) is 0 Å². The average Bonchev–Trinajstić information content (AvgIpc) is 3.23. The third-order valence-corrected chi connectivity index (χ3v) is 7.19. The molecule has 1 spiro atoms. The van der Waals surface area contributed by atoms with Crippen molar-refractivity contribution in [3.8, 4) is 5.75 Å². The van der Waals surface area contributed by atoms with Gasteiger partial charge in [0.1, 0.15) is 5.75 Å². The molecular formula is C25H33ClN4O3. The van der Waals surface area contributed by atoms with E-state index in [2.05, 4.69) is 10.4 Å². The Morgan fingerprint density at radius 1 is 1.21 bits per heavy atom. The lowest BCUT2D eigenvalue weighted by atomic mass is 9.75. The van der Waals surface area contributed by atoms with Gasteiger partial charge in [0, 0.05) is 55.4 Å². The number of ether oxygens (including phenoxy) is 1. The van der Waals surface area contributed by atoms with E-state index in [1.165, 1.54) is 0 Å². The third-order valence-electron chi connectivity index (χ3n) is 6.95. The number of carbonyl (C=O) groups excluding carboxylic acids is 2. The van der Waals surface area contributed by atoms with E-state index < -0.39 is 0 Å². The molecule has 1 saturated heterocycles. The summed E-state index contributed by atoms with van der Waals surface area (Å²) in [7, 11) is 1.90. The molecule has 0 saturated carbocycles. The average molecular weight is 473 g/mol. The fourth-order valence-corrected chi connectivity index (χ4v) is 5.20. The number of hydrogen-bond donors (Lipinski definition) is 1. The molecule has 2 aliphatic rings. The number of amides is 2. The first-order chi connectivity index (χ1) is 16.0. The first-order valence-electron chi connectivity index (χ1n) is 11.9. The van der Waals surface area contributed by atoms with Gasteiger partial charge >= 0.3 is 0 Å². The molecule has 1 aromatic heterocycles. The monoisotopic (exact) mass is 472 g/mol. The first-order valence-corrected chi connectivity index (χ1v) is 12.3. The Hall–Kier alpha value is -2.54. The maximum atomic E-state index is 13.1. The van der Waals surface area contributed by atoms with Crippen LogP contribution in [0.5, 0.6) is 5.75 Å². The number of likely N-dealkylation sites (tertiary alicyclic amines) is 1. The molecule has 1 unspecified atom stereocenters. The zero-order valence-corrected chi connectivity index (χ0v) is 20.1. The molecule has 0 radical (unpaired) electrons. The molecule has 178 valence electrons. The Balaban J connectivity index is 1.45. The van der Waals surface area contributed by atoms with Gasteiger partial charge in [-0.2, -0.15) is 5.10 Å². The van der Waals surface area contributed by atoms with Gasteiger partial charge in [-0.25, -0.2) is 0 Å². The van der Waals surface area contributed by atoms with Crippen LogP contribution in [0.2, 0.25) is 5.02 Å². The molecule has 0 bridgehead atoms. The van der Waals surface area contributed by atoms with Crippen molar-refractivity contribution in [1.82, 2.24) is 20.0 Å². The summed E-state index contributed by atoms with van der Waals surface area (Å²) in [5, 5.41) is 7.84. The quantitative estimate of drug-likeness (QED) is 0.732. The number of nitrogens with zero attached hydrogens (tertiary/aromatic N) is 3. The van der Waals surface area contributed by atoms with Gasteiger partial charge in [0.2, 0.25) is 5.91 Å². The Bertz CT molecular complexity index is 992. The number of halogens is 1. The molecule has 4 rings (SSSR count). The molecule has 33 heavy (non-hydrogen) atoms. The normalized spacial score (nSPS) is 22.0. The summed E-state index contributed by atoms with van der Waals surface area (Å²) in [5.41, 5.74) is 1.43. The van der Waals surface area contributed by atoms with Gasteiger partial charge in [0.15, 0.2) is 0 Å². The molecule has 2 aliphatic heterocycles. The van der Waals surface area contributed by atoms with Gasteiger partial charge in [0.25, 0.3) is 5.91 Å². The fourth-order valence-electron chi connectivity index (χ4n) is 5.03. The number of hydrogen-bond acceptors (Lipinski definition) is 4. The van der Waals surface area contributed by atoms with E-state index in [1.54, 1.807) is 24.4 Å². The van der Waals surface area contributed by atoms with Crippen molar-refractivity contribution >= 4 is 23.4 Å². The minimum atomic E-state index is -0.174.